The van der Waals surface area contributed by atoms with Gasteiger partial charge < -0.3 is 19.1 Å². The van der Waals surface area contributed by atoms with Crippen LogP contribution >= 0.6 is 27.3 Å². The van der Waals surface area contributed by atoms with Crippen LogP contribution in [0, 0.1) is 0 Å². The van der Waals surface area contributed by atoms with E-state index in [9.17, 15) is 14.4 Å². The number of allylic oxidation sites excluding steroid dienone is 1. The smallest absolute Gasteiger partial charge is 0.338 e. The lowest BCUT2D eigenvalue weighted by atomic mass is 9.95. The highest BCUT2D eigenvalue weighted by Gasteiger charge is 2.38. The lowest BCUT2D eigenvalue weighted by Gasteiger charge is -2.26. The second-order valence-electron chi connectivity index (χ2n) is 9.55. The van der Waals surface area contributed by atoms with Crippen LogP contribution in [0.15, 0.2) is 61.9 Å². The van der Waals surface area contributed by atoms with Crippen molar-refractivity contribution in [2.75, 3.05) is 32.3 Å². The molecule has 0 saturated heterocycles. The van der Waals surface area contributed by atoms with Crippen LogP contribution in [0.2, 0.25) is 0 Å². The van der Waals surface area contributed by atoms with Gasteiger partial charge in [0.25, 0.3) is 11.5 Å². The molecule has 1 amide bonds. The average Bonchev–Trinajstić information content (AvgIpc) is 3.42. The summed E-state index contributed by atoms with van der Waals surface area (Å²) in [6.07, 6.45) is 1.77. The van der Waals surface area contributed by atoms with Crippen molar-refractivity contribution in [2.24, 2.45) is 4.99 Å². The molecule has 0 bridgehead atoms. The monoisotopic (exact) mass is 639 g/mol. The molecule has 9 nitrogen and oxygen atoms in total. The molecule has 0 fully saturated rings. The number of amides is 1. The topological polar surface area (TPSA) is 99.4 Å². The first-order valence-electron chi connectivity index (χ1n) is 13.3. The molecule has 0 spiro atoms. The molecule has 0 radical (unpaired) electrons. The Hall–Kier alpha value is -3.70. The van der Waals surface area contributed by atoms with E-state index in [1.165, 1.54) is 18.8 Å². The molecule has 3 aromatic rings. The fourth-order valence-electron chi connectivity index (χ4n) is 5.25. The minimum atomic E-state index is -0.892. The molecule has 214 valence electrons. The maximum absolute atomic E-state index is 14.4. The standard InChI is InChI=1S/C30H30BrN3O6S/c1-6-8-13-33-20-12-10-9-11-17(20)24(27(33)35)26-28(36)34-25(18-14-21(38-4)22(39-5)15-19(18)31)23(29(37)40-7-2)16(3)32-30(34)41-26/h9-12,14-15,25H,6-8,13H2,1-5H3/b26-24+/t25-/m0/s1. The van der Waals surface area contributed by atoms with Crippen LogP contribution in [0.4, 0.5) is 5.69 Å². The van der Waals surface area contributed by atoms with Gasteiger partial charge in [0.15, 0.2) is 16.3 Å². The number of thiazole rings is 1. The molecule has 2 aliphatic rings. The zero-order chi connectivity index (χ0) is 29.4. The highest BCUT2D eigenvalue weighted by molar-refractivity contribution is 9.10. The summed E-state index contributed by atoms with van der Waals surface area (Å²) in [7, 11) is 3.05. The minimum Gasteiger partial charge on any atom is -0.493 e. The van der Waals surface area contributed by atoms with E-state index < -0.39 is 17.6 Å². The van der Waals surface area contributed by atoms with Gasteiger partial charge in [-0.2, -0.15) is 0 Å². The van der Waals surface area contributed by atoms with Gasteiger partial charge in [0.2, 0.25) is 0 Å². The van der Waals surface area contributed by atoms with Gasteiger partial charge in [-0.15, -0.1) is 0 Å². The van der Waals surface area contributed by atoms with Gasteiger partial charge in [-0.05, 0) is 44.0 Å². The molecule has 0 aliphatic carbocycles. The fourth-order valence-corrected chi connectivity index (χ4v) is 6.93. The molecule has 3 heterocycles. The molecule has 1 atom stereocenters. The number of nitrogens with zero attached hydrogens (tertiary/aromatic N) is 3. The third kappa shape index (κ3) is 4.80. The summed E-state index contributed by atoms with van der Waals surface area (Å²) in [5.41, 5.74) is 2.68. The van der Waals surface area contributed by atoms with Crippen LogP contribution in [0.25, 0.3) is 5.57 Å². The van der Waals surface area contributed by atoms with Crippen molar-refractivity contribution in [2.45, 2.75) is 39.7 Å². The Morgan fingerprint density at radius 2 is 1.80 bits per heavy atom. The molecule has 41 heavy (non-hydrogen) atoms. The predicted molar refractivity (Wildman–Crippen MR) is 160 cm³/mol. The number of carbonyl (C=O) groups excluding carboxylic acids is 2. The highest BCUT2D eigenvalue weighted by atomic mass is 79.9. The number of methoxy groups -OCH3 is 2. The van der Waals surface area contributed by atoms with Gasteiger partial charge in [-0.1, -0.05) is 58.8 Å². The summed E-state index contributed by atoms with van der Waals surface area (Å²) >= 11 is 4.76. The number of ether oxygens (including phenoxy) is 3. The maximum Gasteiger partial charge on any atom is 0.338 e. The summed E-state index contributed by atoms with van der Waals surface area (Å²) in [5, 5.41) is 0. The van der Waals surface area contributed by atoms with Crippen LogP contribution < -0.4 is 29.3 Å². The van der Waals surface area contributed by atoms with Crippen LogP contribution in [-0.4, -0.2) is 43.8 Å². The first kappa shape index (κ1) is 28.8. The van der Waals surface area contributed by atoms with Gasteiger partial charge >= 0.3 is 5.97 Å². The summed E-state index contributed by atoms with van der Waals surface area (Å²) < 4.78 is 18.8. The Balaban J connectivity index is 1.82. The molecule has 2 aromatic carbocycles. The zero-order valence-corrected chi connectivity index (χ0v) is 25.8. The van der Waals surface area contributed by atoms with E-state index in [-0.39, 0.29) is 22.6 Å². The van der Waals surface area contributed by atoms with Crippen LogP contribution in [0.5, 0.6) is 11.5 Å². The molecule has 11 heteroatoms. The van der Waals surface area contributed by atoms with E-state index in [1.54, 1.807) is 30.9 Å². The Bertz CT molecular complexity index is 1770. The number of hydrogen-bond donors (Lipinski definition) is 0. The maximum atomic E-state index is 14.4. The van der Waals surface area contributed by atoms with Gasteiger partial charge in [0.05, 0.1) is 49.4 Å². The quantitative estimate of drug-likeness (QED) is 0.344. The van der Waals surface area contributed by atoms with Crippen LogP contribution in [0.1, 0.15) is 50.8 Å². The molecule has 0 N–H and O–H groups in total. The Labute approximate surface area is 249 Å². The molecule has 2 aliphatic heterocycles. The Kier molecular flexibility index (Phi) is 8.19. The first-order chi connectivity index (χ1) is 19.8. The second kappa shape index (κ2) is 11.7. The molecular weight excluding hydrogens is 610 g/mol. The Morgan fingerprint density at radius 1 is 1.10 bits per heavy atom. The van der Waals surface area contributed by atoms with E-state index in [4.69, 9.17) is 14.2 Å². The number of halogens is 1. The molecule has 0 unspecified atom stereocenters. The summed E-state index contributed by atoms with van der Waals surface area (Å²) in [5.74, 6) is 0.123. The molecule has 1 aromatic heterocycles. The number of anilines is 1. The highest BCUT2D eigenvalue weighted by Crippen LogP contribution is 2.41. The number of carbonyl (C=O) groups is 2. The number of unbranched alkanes of at least 4 members (excludes halogenated alkanes) is 1. The van der Waals surface area contributed by atoms with E-state index in [2.05, 4.69) is 27.8 Å². The Morgan fingerprint density at radius 3 is 2.49 bits per heavy atom. The van der Waals surface area contributed by atoms with Gasteiger partial charge in [-0.3, -0.25) is 14.2 Å². The van der Waals surface area contributed by atoms with E-state index in [0.717, 1.165) is 29.9 Å². The third-order valence-corrected chi connectivity index (χ3v) is 8.92. The van der Waals surface area contributed by atoms with E-state index in [0.29, 0.717) is 49.7 Å². The SMILES string of the molecule is CCCCN1C(=O)/C(=c2/sc3n(c2=O)[C@@H](c2cc(OC)c(OC)cc2Br)C(C(=O)OCC)=C(C)N=3)c2ccccc21. The average molecular weight is 641 g/mol. The van der Waals surface area contributed by atoms with Crippen molar-refractivity contribution >= 4 is 50.4 Å². The van der Waals surface area contributed by atoms with Crippen LogP contribution in [0.3, 0.4) is 0 Å². The summed E-state index contributed by atoms with van der Waals surface area (Å²) in [4.78, 5) is 48.3. The lowest BCUT2D eigenvalue weighted by Crippen LogP contribution is -2.41. The van der Waals surface area contributed by atoms with Crippen molar-refractivity contribution in [1.82, 2.24) is 4.57 Å². The van der Waals surface area contributed by atoms with Crippen molar-refractivity contribution in [3.8, 4) is 11.5 Å². The number of benzene rings is 2. The van der Waals surface area contributed by atoms with Crippen molar-refractivity contribution in [1.29, 1.82) is 0 Å². The number of fused-ring (bicyclic) bond motifs is 2. The summed E-state index contributed by atoms with van der Waals surface area (Å²) in [6, 6.07) is 10.1. The van der Waals surface area contributed by atoms with Crippen LogP contribution in [-0.2, 0) is 14.3 Å². The number of esters is 1. The number of rotatable bonds is 8. The first-order valence-corrected chi connectivity index (χ1v) is 14.9. The van der Waals surface area contributed by atoms with Gasteiger partial charge in [-0.25, -0.2) is 9.79 Å². The largest absolute Gasteiger partial charge is 0.493 e. The lowest BCUT2D eigenvalue weighted by molar-refractivity contribution is -0.139. The predicted octanol–water partition coefficient (Wildman–Crippen LogP) is 4.09. The third-order valence-electron chi connectivity index (χ3n) is 7.18. The fraction of sp³-hybridized carbons (Fsp3) is 0.333. The second-order valence-corrected chi connectivity index (χ2v) is 11.4. The normalized spacial score (nSPS) is 17.3. The molecule has 5 rings (SSSR count). The van der Waals surface area contributed by atoms with E-state index >= 15 is 0 Å². The summed E-state index contributed by atoms with van der Waals surface area (Å²) in [6.45, 7) is 6.22. The zero-order valence-electron chi connectivity index (χ0n) is 23.4. The van der Waals surface area contributed by atoms with Gasteiger partial charge in [0.1, 0.15) is 4.53 Å². The number of aromatic nitrogens is 1. The van der Waals surface area contributed by atoms with Crippen molar-refractivity contribution < 1.29 is 23.8 Å². The number of hydrogen-bond acceptors (Lipinski definition) is 8. The molecular formula is C30H30BrN3O6S. The van der Waals surface area contributed by atoms with Crippen molar-refractivity contribution in [3.05, 3.63) is 83.0 Å². The minimum absolute atomic E-state index is 0.156. The van der Waals surface area contributed by atoms with Gasteiger partial charge in [0, 0.05) is 16.6 Å². The molecule has 0 saturated carbocycles. The number of para-hydroxylation sites is 1. The van der Waals surface area contributed by atoms with E-state index in [1.807, 2.05) is 24.3 Å². The van der Waals surface area contributed by atoms with Crippen molar-refractivity contribution in [3.63, 3.8) is 0 Å².